The van der Waals surface area contributed by atoms with E-state index < -0.39 is 6.36 Å². The average molecular weight is 521 g/mol. The average Bonchev–Trinajstić information content (AvgIpc) is 2.90. The van der Waals surface area contributed by atoms with E-state index in [0.717, 1.165) is 37.2 Å². The van der Waals surface area contributed by atoms with E-state index in [4.69, 9.17) is 4.74 Å². The Morgan fingerprint density at radius 1 is 0.868 bits per heavy atom. The minimum atomic E-state index is -4.75. The molecule has 0 radical (unpaired) electrons. The molecule has 0 aliphatic heterocycles. The van der Waals surface area contributed by atoms with Crippen LogP contribution < -0.4 is 14.4 Å². The van der Waals surface area contributed by atoms with Gasteiger partial charge in [0.2, 0.25) is 5.88 Å². The Bertz CT molecular complexity index is 1410. The Kier molecular flexibility index (Phi) is 8.64. The molecular weight excluding hydrogens is 493 g/mol. The minimum absolute atomic E-state index is 0.0564. The molecule has 2 aromatic carbocycles. The van der Waals surface area contributed by atoms with Crippen molar-refractivity contribution in [2.24, 2.45) is 0 Å². The fourth-order valence-corrected chi connectivity index (χ4v) is 3.80. The predicted octanol–water partition coefficient (Wildman–Crippen LogP) is 6.53. The zero-order valence-corrected chi connectivity index (χ0v) is 21.1. The van der Waals surface area contributed by atoms with Crippen molar-refractivity contribution in [1.29, 1.82) is 0 Å². The zero-order valence-electron chi connectivity index (χ0n) is 21.1. The number of aromatic nitrogens is 3. The molecule has 9 heteroatoms. The SMILES string of the molecule is CCCN(CCC)c1ccc(C#Cc2nc3ncccc3nc2OCc2ccc(OC(F)(F)F)cc2)cc1. The van der Waals surface area contributed by atoms with Crippen LogP contribution >= 0.6 is 0 Å². The zero-order chi connectivity index (χ0) is 27.0. The first-order valence-electron chi connectivity index (χ1n) is 12.3. The van der Waals surface area contributed by atoms with Crippen LogP contribution in [0.1, 0.15) is 43.5 Å². The van der Waals surface area contributed by atoms with Crippen molar-refractivity contribution >= 4 is 16.9 Å². The lowest BCUT2D eigenvalue weighted by atomic mass is 10.2. The molecule has 38 heavy (non-hydrogen) atoms. The van der Waals surface area contributed by atoms with Gasteiger partial charge in [0, 0.05) is 30.5 Å². The van der Waals surface area contributed by atoms with Crippen LogP contribution in [0.3, 0.4) is 0 Å². The van der Waals surface area contributed by atoms with Crippen molar-refractivity contribution in [3.63, 3.8) is 0 Å². The van der Waals surface area contributed by atoms with Gasteiger partial charge in [0.1, 0.15) is 17.9 Å². The first-order chi connectivity index (χ1) is 18.3. The number of hydrogen-bond donors (Lipinski definition) is 0. The van der Waals surface area contributed by atoms with E-state index in [1.54, 1.807) is 18.3 Å². The van der Waals surface area contributed by atoms with Gasteiger partial charge < -0.3 is 14.4 Å². The fourth-order valence-electron chi connectivity index (χ4n) is 3.80. The molecule has 0 saturated carbocycles. The van der Waals surface area contributed by atoms with Crippen molar-refractivity contribution in [3.8, 4) is 23.5 Å². The summed E-state index contributed by atoms with van der Waals surface area (Å²) in [6.45, 7) is 6.38. The van der Waals surface area contributed by atoms with Crippen LogP contribution in [0.2, 0.25) is 0 Å². The summed E-state index contributed by atoms with van der Waals surface area (Å²) in [5, 5.41) is 0. The molecule has 0 atom stereocenters. The highest BCUT2D eigenvalue weighted by Gasteiger charge is 2.30. The molecular formula is C29H27F3N4O2. The standard InChI is InChI=1S/C29H27F3N4O2/c1-3-18-36(19-4-2)23-12-7-21(8-13-23)11-16-26-28(35-25-6-5-17-33-27(25)34-26)37-20-22-9-14-24(15-10-22)38-29(30,31)32/h5-10,12-15,17H,3-4,18-20H2,1-2H3. The molecule has 0 N–H and O–H groups in total. The second-order valence-electron chi connectivity index (χ2n) is 8.49. The van der Waals surface area contributed by atoms with Gasteiger partial charge in [-0.1, -0.05) is 31.9 Å². The molecule has 6 nitrogen and oxygen atoms in total. The number of alkyl halides is 3. The Hall–Kier alpha value is -4.32. The molecule has 0 fully saturated rings. The lowest BCUT2D eigenvalue weighted by molar-refractivity contribution is -0.274. The summed E-state index contributed by atoms with van der Waals surface area (Å²) < 4.78 is 47.0. The van der Waals surface area contributed by atoms with Crippen molar-refractivity contribution in [1.82, 2.24) is 15.0 Å². The third-order valence-corrected chi connectivity index (χ3v) is 5.49. The van der Waals surface area contributed by atoms with Crippen LogP contribution in [-0.2, 0) is 6.61 Å². The Balaban J connectivity index is 1.55. The summed E-state index contributed by atoms with van der Waals surface area (Å²) in [7, 11) is 0. The maximum absolute atomic E-state index is 12.4. The molecule has 0 aliphatic carbocycles. The number of nitrogens with zero attached hydrogens (tertiary/aromatic N) is 4. The molecule has 196 valence electrons. The fraction of sp³-hybridized carbons (Fsp3) is 0.276. The van der Waals surface area contributed by atoms with E-state index in [0.29, 0.717) is 22.4 Å². The van der Waals surface area contributed by atoms with Crippen LogP contribution in [0.5, 0.6) is 11.6 Å². The number of benzene rings is 2. The number of hydrogen-bond acceptors (Lipinski definition) is 6. The molecule has 0 saturated heterocycles. The van der Waals surface area contributed by atoms with Gasteiger partial charge >= 0.3 is 6.36 Å². The van der Waals surface area contributed by atoms with Crippen molar-refractivity contribution < 1.29 is 22.6 Å². The molecule has 0 aliphatic rings. The summed E-state index contributed by atoms with van der Waals surface area (Å²) in [5.74, 6) is 6.07. The maximum atomic E-state index is 12.4. The number of ether oxygens (including phenoxy) is 2. The second kappa shape index (κ2) is 12.3. The molecule has 2 heterocycles. The molecule has 4 aromatic rings. The smallest absolute Gasteiger partial charge is 0.471 e. The van der Waals surface area contributed by atoms with Crippen LogP contribution in [-0.4, -0.2) is 34.4 Å². The maximum Gasteiger partial charge on any atom is 0.573 e. The van der Waals surface area contributed by atoms with E-state index in [2.05, 4.69) is 62.4 Å². The lowest BCUT2D eigenvalue weighted by Gasteiger charge is -2.23. The lowest BCUT2D eigenvalue weighted by Crippen LogP contribution is -2.24. The van der Waals surface area contributed by atoms with Crippen LogP contribution in [0.4, 0.5) is 18.9 Å². The highest BCUT2D eigenvalue weighted by molar-refractivity contribution is 5.71. The number of halogens is 3. The normalized spacial score (nSPS) is 11.1. The Morgan fingerprint density at radius 3 is 2.24 bits per heavy atom. The van der Waals surface area contributed by atoms with Gasteiger partial charge in [-0.05, 0) is 72.9 Å². The highest BCUT2D eigenvalue weighted by Crippen LogP contribution is 2.24. The quantitative estimate of drug-likeness (QED) is 0.234. The summed E-state index contributed by atoms with van der Waals surface area (Å²) in [5.41, 5.74) is 3.89. The van der Waals surface area contributed by atoms with E-state index >= 15 is 0 Å². The highest BCUT2D eigenvalue weighted by atomic mass is 19.4. The number of rotatable bonds is 9. The van der Waals surface area contributed by atoms with E-state index in [-0.39, 0.29) is 18.2 Å². The molecule has 0 unspecified atom stereocenters. The third-order valence-electron chi connectivity index (χ3n) is 5.49. The Labute approximate surface area is 219 Å². The van der Waals surface area contributed by atoms with Gasteiger partial charge in [-0.25, -0.2) is 15.0 Å². The summed E-state index contributed by atoms with van der Waals surface area (Å²) in [6, 6.07) is 17.0. The molecule has 2 aromatic heterocycles. The van der Waals surface area contributed by atoms with Crippen LogP contribution in [0.15, 0.2) is 66.9 Å². The van der Waals surface area contributed by atoms with Gasteiger partial charge in [0.05, 0.1) is 0 Å². The van der Waals surface area contributed by atoms with Crippen molar-refractivity contribution in [2.45, 2.75) is 39.7 Å². The van der Waals surface area contributed by atoms with Crippen molar-refractivity contribution in [2.75, 3.05) is 18.0 Å². The van der Waals surface area contributed by atoms with E-state index in [9.17, 15) is 13.2 Å². The Morgan fingerprint density at radius 2 is 1.58 bits per heavy atom. The number of fused-ring (bicyclic) bond motifs is 1. The van der Waals surface area contributed by atoms with E-state index in [1.165, 1.54) is 24.3 Å². The molecule has 0 amide bonds. The van der Waals surface area contributed by atoms with E-state index in [1.807, 2.05) is 12.1 Å². The topological polar surface area (TPSA) is 60.4 Å². The minimum Gasteiger partial charge on any atom is -0.471 e. The summed E-state index contributed by atoms with van der Waals surface area (Å²) in [4.78, 5) is 15.6. The summed E-state index contributed by atoms with van der Waals surface area (Å²) in [6.07, 6.45) is -0.976. The molecule has 0 spiro atoms. The third kappa shape index (κ3) is 7.35. The van der Waals surface area contributed by atoms with Crippen molar-refractivity contribution in [3.05, 3.63) is 83.7 Å². The second-order valence-corrected chi connectivity index (χ2v) is 8.49. The van der Waals surface area contributed by atoms with Gasteiger partial charge in [-0.2, -0.15) is 0 Å². The monoisotopic (exact) mass is 520 g/mol. The molecule has 4 rings (SSSR count). The van der Waals surface area contributed by atoms with Gasteiger partial charge in [-0.15, -0.1) is 13.2 Å². The largest absolute Gasteiger partial charge is 0.573 e. The van der Waals surface area contributed by atoms with Gasteiger partial charge in [0.15, 0.2) is 11.3 Å². The van der Waals surface area contributed by atoms with Gasteiger partial charge in [0.25, 0.3) is 0 Å². The predicted molar refractivity (Wildman–Crippen MR) is 140 cm³/mol. The number of anilines is 1. The first-order valence-corrected chi connectivity index (χ1v) is 12.3. The van der Waals surface area contributed by atoms with Crippen LogP contribution in [0, 0.1) is 11.8 Å². The first kappa shape index (κ1) is 26.7. The number of pyridine rings is 1. The summed E-state index contributed by atoms with van der Waals surface area (Å²) >= 11 is 0. The molecule has 0 bridgehead atoms. The van der Waals surface area contributed by atoms with Gasteiger partial charge in [-0.3, -0.25) is 0 Å². The van der Waals surface area contributed by atoms with Crippen LogP contribution in [0.25, 0.3) is 11.2 Å².